The number of nitrogens with one attached hydrogen (secondary N) is 2. The minimum atomic E-state index is 0. The normalized spacial score (nSPS) is 16.0. The minimum absolute atomic E-state index is 0. The van der Waals surface area contributed by atoms with Crippen LogP contribution in [0.5, 0.6) is 0 Å². The van der Waals surface area contributed by atoms with Gasteiger partial charge in [-0.3, -0.25) is 4.90 Å². The number of aliphatic imine (C=N–C) groups is 1. The zero-order valence-corrected chi connectivity index (χ0v) is 15.6. The van der Waals surface area contributed by atoms with Gasteiger partial charge in [0.2, 0.25) is 0 Å². The van der Waals surface area contributed by atoms with Crippen LogP contribution < -0.4 is 10.6 Å². The van der Waals surface area contributed by atoms with E-state index in [1.165, 1.54) is 5.56 Å². The Hall–Kier alpha value is -0.860. The summed E-state index contributed by atoms with van der Waals surface area (Å²) in [5, 5.41) is 6.68. The molecule has 0 radical (unpaired) electrons. The first kappa shape index (κ1) is 19.2. The fourth-order valence-corrected chi connectivity index (χ4v) is 2.25. The molecule has 0 amide bonds. The van der Waals surface area contributed by atoms with Gasteiger partial charge in [-0.05, 0) is 12.5 Å². The number of halogens is 1. The third kappa shape index (κ3) is 7.42. The monoisotopic (exact) mass is 418 g/mol. The van der Waals surface area contributed by atoms with E-state index in [2.05, 4.69) is 39.6 Å². The predicted molar refractivity (Wildman–Crippen MR) is 102 cm³/mol. The van der Waals surface area contributed by atoms with Crippen molar-refractivity contribution >= 4 is 29.9 Å². The second-order valence-corrected chi connectivity index (χ2v) is 5.06. The highest BCUT2D eigenvalue weighted by atomic mass is 127. The van der Waals surface area contributed by atoms with E-state index in [9.17, 15) is 0 Å². The van der Waals surface area contributed by atoms with Crippen LogP contribution in [0, 0.1) is 0 Å². The Morgan fingerprint density at radius 1 is 1.18 bits per heavy atom. The first-order chi connectivity index (χ1) is 10.4. The molecule has 0 aromatic heterocycles. The molecular weight excluding hydrogens is 391 g/mol. The summed E-state index contributed by atoms with van der Waals surface area (Å²) in [7, 11) is 0. The Morgan fingerprint density at radius 2 is 1.91 bits per heavy atom. The molecule has 1 aliphatic heterocycles. The average molecular weight is 418 g/mol. The fraction of sp³-hybridized carbons (Fsp3) is 0.562. The van der Waals surface area contributed by atoms with Crippen LogP contribution in [0.15, 0.2) is 35.3 Å². The van der Waals surface area contributed by atoms with E-state index in [4.69, 9.17) is 4.74 Å². The lowest BCUT2D eigenvalue weighted by atomic mass is 10.2. The molecule has 0 saturated carbocycles. The fourth-order valence-electron chi connectivity index (χ4n) is 2.25. The second kappa shape index (κ2) is 11.7. The van der Waals surface area contributed by atoms with Gasteiger partial charge in [0.1, 0.15) is 0 Å². The van der Waals surface area contributed by atoms with E-state index in [1.807, 2.05) is 18.2 Å². The van der Waals surface area contributed by atoms with Crippen molar-refractivity contribution in [3.05, 3.63) is 35.9 Å². The first-order valence-corrected chi connectivity index (χ1v) is 7.74. The molecule has 0 unspecified atom stereocenters. The summed E-state index contributed by atoms with van der Waals surface area (Å²) >= 11 is 0. The summed E-state index contributed by atoms with van der Waals surface area (Å²) in [5.41, 5.74) is 1.22. The van der Waals surface area contributed by atoms with Gasteiger partial charge in [-0.25, -0.2) is 4.99 Å². The molecule has 1 aromatic rings. The molecule has 0 aliphatic carbocycles. The van der Waals surface area contributed by atoms with E-state index >= 15 is 0 Å². The van der Waals surface area contributed by atoms with Gasteiger partial charge in [0, 0.05) is 32.7 Å². The van der Waals surface area contributed by atoms with Crippen molar-refractivity contribution in [2.45, 2.75) is 13.5 Å². The van der Waals surface area contributed by atoms with Crippen LogP contribution in [0.3, 0.4) is 0 Å². The quantitative estimate of drug-likeness (QED) is 0.420. The van der Waals surface area contributed by atoms with Crippen molar-refractivity contribution in [3.63, 3.8) is 0 Å². The highest BCUT2D eigenvalue weighted by Crippen LogP contribution is 2.00. The maximum atomic E-state index is 5.36. The second-order valence-electron chi connectivity index (χ2n) is 5.06. The van der Waals surface area contributed by atoms with Gasteiger partial charge in [-0.1, -0.05) is 30.3 Å². The van der Waals surface area contributed by atoms with Gasteiger partial charge >= 0.3 is 0 Å². The van der Waals surface area contributed by atoms with Crippen LogP contribution in [0.25, 0.3) is 0 Å². The zero-order chi connectivity index (χ0) is 14.8. The molecule has 1 heterocycles. The van der Waals surface area contributed by atoms with Crippen molar-refractivity contribution in [1.82, 2.24) is 15.5 Å². The van der Waals surface area contributed by atoms with Crippen LogP contribution in [0.1, 0.15) is 12.5 Å². The van der Waals surface area contributed by atoms with Crippen LogP contribution >= 0.6 is 24.0 Å². The molecule has 0 spiro atoms. The molecule has 0 atom stereocenters. The van der Waals surface area contributed by atoms with Gasteiger partial charge in [-0.15, -0.1) is 24.0 Å². The van der Waals surface area contributed by atoms with Crippen molar-refractivity contribution in [2.24, 2.45) is 4.99 Å². The lowest BCUT2D eigenvalue weighted by molar-refractivity contribution is 0.0389. The van der Waals surface area contributed by atoms with Gasteiger partial charge < -0.3 is 15.4 Å². The molecule has 1 saturated heterocycles. The van der Waals surface area contributed by atoms with Gasteiger partial charge in [0.25, 0.3) is 0 Å². The largest absolute Gasteiger partial charge is 0.379 e. The van der Waals surface area contributed by atoms with Crippen molar-refractivity contribution in [1.29, 1.82) is 0 Å². The molecule has 0 bridgehead atoms. The van der Waals surface area contributed by atoms with E-state index in [-0.39, 0.29) is 24.0 Å². The van der Waals surface area contributed by atoms with Crippen LogP contribution in [0.4, 0.5) is 0 Å². The highest BCUT2D eigenvalue weighted by molar-refractivity contribution is 14.0. The molecule has 2 N–H and O–H groups in total. The number of ether oxygens (including phenoxy) is 1. The number of guanidine groups is 1. The summed E-state index contributed by atoms with van der Waals surface area (Å²) in [6.45, 7) is 9.34. The van der Waals surface area contributed by atoms with E-state index < -0.39 is 0 Å². The summed E-state index contributed by atoms with van der Waals surface area (Å²) in [4.78, 5) is 7.03. The topological polar surface area (TPSA) is 48.9 Å². The average Bonchev–Trinajstić information content (AvgIpc) is 2.54. The number of rotatable bonds is 6. The number of hydrogen-bond donors (Lipinski definition) is 2. The van der Waals surface area contributed by atoms with Crippen molar-refractivity contribution < 1.29 is 4.74 Å². The molecule has 1 aromatic carbocycles. The van der Waals surface area contributed by atoms with Gasteiger partial charge in [-0.2, -0.15) is 0 Å². The standard InChI is InChI=1S/C16H26N4O.HI/c1-2-17-16(19-14-15-6-4-3-5-7-15)18-8-9-20-10-12-21-13-11-20;/h3-7H,2,8-14H2,1H3,(H2,17,18,19);1H. The molecular formula is C16H27IN4O. The van der Waals surface area contributed by atoms with E-state index in [0.717, 1.165) is 51.9 Å². The molecule has 1 fully saturated rings. The number of morpholine rings is 1. The minimum Gasteiger partial charge on any atom is -0.379 e. The number of hydrogen-bond acceptors (Lipinski definition) is 3. The Balaban J connectivity index is 0.00000242. The van der Waals surface area contributed by atoms with Crippen LogP contribution in [0.2, 0.25) is 0 Å². The Bertz CT molecular complexity index is 421. The zero-order valence-electron chi connectivity index (χ0n) is 13.3. The lowest BCUT2D eigenvalue weighted by Crippen LogP contribution is -2.44. The van der Waals surface area contributed by atoms with Gasteiger partial charge in [0.15, 0.2) is 5.96 Å². The Morgan fingerprint density at radius 3 is 2.59 bits per heavy atom. The van der Waals surface area contributed by atoms with Crippen LogP contribution in [-0.4, -0.2) is 56.8 Å². The summed E-state index contributed by atoms with van der Waals surface area (Å²) in [5.74, 6) is 0.884. The van der Waals surface area contributed by atoms with E-state index in [0.29, 0.717) is 6.54 Å². The smallest absolute Gasteiger partial charge is 0.191 e. The Labute approximate surface area is 150 Å². The maximum Gasteiger partial charge on any atom is 0.191 e. The highest BCUT2D eigenvalue weighted by Gasteiger charge is 2.09. The third-order valence-electron chi connectivity index (χ3n) is 3.43. The maximum absolute atomic E-state index is 5.36. The van der Waals surface area contributed by atoms with Crippen molar-refractivity contribution in [2.75, 3.05) is 45.9 Å². The summed E-state index contributed by atoms with van der Waals surface area (Å²) in [6, 6.07) is 10.3. The number of nitrogens with zero attached hydrogens (tertiary/aromatic N) is 2. The predicted octanol–water partition coefficient (Wildman–Crippen LogP) is 1.69. The molecule has 2 rings (SSSR count). The number of benzene rings is 1. The summed E-state index contributed by atoms with van der Waals surface area (Å²) < 4.78 is 5.36. The van der Waals surface area contributed by atoms with Crippen LogP contribution in [-0.2, 0) is 11.3 Å². The first-order valence-electron chi connectivity index (χ1n) is 7.74. The summed E-state index contributed by atoms with van der Waals surface area (Å²) in [6.07, 6.45) is 0. The SMILES string of the molecule is CCNC(=NCc1ccccc1)NCCN1CCOCC1.I. The van der Waals surface area contributed by atoms with Gasteiger partial charge in [0.05, 0.1) is 19.8 Å². The van der Waals surface area contributed by atoms with E-state index in [1.54, 1.807) is 0 Å². The van der Waals surface area contributed by atoms with Crippen molar-refractivity contribution in [3.8, 4) is 0 Å². The lowest BCUT2D eigenvalue weighted by Gasteiger charge is -2.26. The molecule has 5 nitrogen and oxygen atoms in total. The molecule has 124 valence electrons. The molecule has 6 heteroatoms. The molecule has 1 aliphatic rings. The third-order valence-corrected chi connectivity index (χ3v) is 3.43. The molecule has 22 heavy (non-hydrogen) atoms. The Kier molecular flexibility index (Phi) is 10.2.